The zero-order valence-electron chi connectivity index (χ0n) is 8.29. The Hall–Kier alpha value is -2.50. The Bertz CT molecular complexity index is 574. The first-order chi connectivity index (χ1) is 7.66. The van der Waals surface area contributed by atoms with Crippen LogP contribution in [0.25, 0.3) is 11.0 Å². The van der Waals surface area contributed by atoms with Crippen LogP contribution in [-0.2, 0) is 0 Å². The van der Waals surface area contributed by atoms with Crippen LogP contribution in [0.2, 0.25) is 0 Å². The van der Waals surface area contributed by atoms with E-state index in [0.717, 1.165) is 0 Å². The maximum Gasteiger partial charge on any atom is 0.280 e. The van der Waals surface area contributed by atoms with E-state index in [1.807, 2.05) is 0 Å². The number of amides is 1. The second-order valence-electron chi connectivity index (χ2n) is 3.10. The van der Waals surface area contributed by atoms with E-state index < -0.39 is 5.91 Å². The molecular formula is C10H9N5O. The van der Waals surface area contributed by atoms with Crippen LogP contribution in [0.5, 0.6) is 0 Å². The Labute approximate surface area is 91.0 Å². The van der Waals surface area contributed by atoms with Gasteiger partial charge in [0, 0.05) is 18.0 Å². The molecule has 6 nitrogen and oxygen atoms in total. The number of carbonyl (C=O) groups is 1. The number of aromatic nitrogens is 2. The van der Waals surface area contributed by atoms with Crippen LogP contribution in [0.15, 0.2) is 35.6 Å². The lowest BCUT2D eigenvalue weighted by atomic mass is 10.2. The van der Waals surface area contributed by atoms with Crippen molar-refractivity contribution < 1.29 is 4.79 Å². The number of nitrogens with two attached hydrogens (primary N) is 2. The summed E-state index contributed by atoms with van der Waals surface area (Å²) >= 11 is 0. The van der Waals surface area contributed by atoms with Crippen molar-refractivity contribution in [2.24, 2.45) is 16.5 Å². The third-order valence-electron chi connectivity index (χ3n) is 1.95. The molecule has 0 spiro atoms. The molecule has 1 amide bonds. The highest BCUT2D eigenvalue weighted by Crippen LogP contribution is 2.11. The lowest BCUT2D eigenvalue weighted by Crippen LogP contribution is -2.24. The molecule has 80 valence electrons. The van der Waals surface area contributed by atoms with E-state index in [0.29, 0.717) is 16.6 Å². The lowest BCUT2D eigenvalue weighted by molar-refractivity contribution is 0.100. The number of rotatable bonds is 1. The monoisotopic (exact) mass is 215 g/mol. The van der Waals surface area contributed by atoms with Gasteiger partial charge in [-0.2, -0.15) is 4.99 Å². The summed E-state index contributed by atoms with van der Waals surface area (Å²) in [6, 6.07) is 4.89. The summed E-state index contributed by atoms with van der Waals surface area (Å²) in [6.45, 7) is 0. The molecule has 0 saturated heterocycles. The van der Waals surface area contributed by atoms with Gasteiger partial charge in [0.2, 0.25) is 0 Å². The SMILES string of the molecule is NC(N)=NC(=O)c1ccc2nccnc2c1. The maximum absolute atomic E-state index is 11.5. The van der Waals surface area contributed by atoms with Gasteiger partial charge in [0.1, 0.15) is 0 Å². The van der Waals surface area contributed by atoms with Gasteiger partial charge in [-0.05, 0) is 18.2 Å². The standard InChI is InChI=1S/C10H9N5O/c11-10(12)15-9(16)6-1-2-7-8(5-6)14-4-3-13-7/h1-5H,(H4,11,12,15,16). The Morgan fingerprint density at radius 3 is 2.50 bits per heavy atom. The summed E-state index contributed by atoms with van der Waals surface area (Å²) < 4.78 is 0. The van der Waals surface area contributed by atoms with Crippen molar-refractivity contribution in [3.63, 3.8) is 0 Å². The highest BCUT2D eigenvalue weighted by molar-refractivity contribution is 6.03. The predicted molar refractivity (Wildman–Crippen MR) is 59.7 cm³/mol. The average Bonchev–Trinajstić information content (AvgIpc) is 2.27. The second-order valence-corrected chi connectivity index (χ2v) is 3.10. The fourth-order valence-corrected chi connectivity index (χ4v) is 1.28. The third kappa shape index (κ3) is 1.95. The molecule has 0 unspecified atom stereocenters. The van der Waals surface area contributed by atoms with Gasteiger partial charge in [-0.15, -0.1) is 0 Å². The van der Waals surface area contributed by atoms with E-state index in [1.165, 1.54) is 0 Å². The van der Waals surface area contributed by atoms with Gasteiger partial charge in [-0.1, -0.05) is 0 Å². The van der Waals surface area contributed by atoms with E-state index >= 15 is 0 Å². The van der Waals surface area contributed by atoms with Gasteiger partial charge >= 0.3 is 0 Å². The van der Waals surface area contributed by atoms with Gasteiger partial charge in [0.15, 0.2) is 5.96 Å². The molecule has 0 radical (unpaired) electrons. The number of hydrogen-bond donors (Lipinski definition) is 2. The minimum atomic E-state index is -0.493. The average molecular weight is 215 g/mol. The molecule has 0 aliphatic rings. The summed E-state index contributed by atoms with van der Waals surface area (Å²) in [7, 11) is 0. The molecule has 0 bridgehead atoms. The first kappa shape index (κ1) is 10.0. The van der Waals surface area contributed by atoms with Crippen LogP contribution in [0, 0.1) is 0 Å². The topological polar surface area (TPSA) is 107 Å². The normalized spacial score (nSPS) is 10.0. The number of aliphatic imine (C=N–C) groups is 1. The third-order valence-corrected chi connectivity index (χ3v) is 1.95. The molecule has 1 aromatic heterocycles. The van der Waals surface area contributed by atoms with Gasteiger partial charge in [-0.3, -0.25) is 14.8 Å². The van der Waals surface area contributed by atoms with Crippen LogP contribution in [0.3, 0.4) is 0 Å². The first-order valence-electron chi connectivity index (χ1n) is 4.51. The molecule has 2 rings (SSSR count). The molecule has 0 fully saturated rings. The van der Waals surface area contributed by atoms with Crippen LogP contribution < -0.4 is 11.5 Å². The number of carbonyl (C=O) groups excluding carboxylic acids is 1. The second kappa shape index (κ2) is 3.93. The smallest absolute Gasteiger partial charge is 0.280 e. The molecule has 6 heteroatoms. The van der Waals surface area contributed by atoms with Crippen molar-refractivity contribution >= 4 is 22.9 Å². The van der Waals surface area contributed by atoms with Crippen LogP contribution in [0.1, 0.15) is 10.4 Å². The van der Waals surface area contributed by atoms with Crippen molar-refractivity contribution in [3.8, 4) is 0 Å². The van der Waals surface area contributed by atoms with Gasteiger partial charge in [0.05, 0.1) is 11.0 Å². The summed E-state index contributed by atoms with van der Waals surface area (Å²) in [4.78, 5) is 23.1. The quantitative estimate of drug-likeness (QED) is 0.516. The van der Waals surface area contributed by atoms with Gasteiger partial charge in [0.25, 0.3) is 5.91 Å². The number of benzene rings is 1. The molecule has 0 aliphatic heterocycles. The molecule has 16 heavy (non-hydrogen) atoms. The summed E-state index contributed by atoms with van der Waals surface area (Å²) in [5, 5.41) is 0. The largest absolute Gasteiger partial charge is 0.370 e. The van der Waals surface area contributed by atoms with Gasteiger partial charge < -0.3 is 11.5 Å². The van der Waals surface area contributed by atoms with E-state index in [-0.39, 0.29) is 5.96 Å². The Kier molecular flexibility index (Phi) is 2.47. The van der Waals surface area contributed by atoms with Crippen molar-refractivity contribution in [2.45, 2.75) is 0 Å². The maximum atomic E-state index is 11.5. The molecule has 0 aliphatic carbocycles. The van der Waals surface area contributed by atoms with Crippen molar-refractivity contribution in [2.75, 3.05) is 0 Å². The van der Waals surface area contributed by atoms with Crippen molar-refractivity contribution in [3.05, 3.63) is 36.2 Å². The van der Waals surface area contributed by atoms with Crippen LogP contribution >= 0.6 is 0 Å². The molecule has 1 heterocycles. The molecule has 2 aromatic rings. The van der Waals surface area contributed by atoms with E-state index in [4.69, 9.17) is 11.5 Å². The number of hydrogen-bond acceptors (Lipinski definition) is 3. The minimum absolute atomic E-state index is 0.260. The number of nitrogens with zero attached hydrogens (tertiary/aromatic N) is 3. The van der Waals surface area contributed by atoms with Crippen molar-refractivity contribution in [1.82, 2.24) is 9.97 Å². The molecular weight excluding hydrogens is 206 g/mol. The number of guanidine groups is 1. The highest BCUT2D eigenvalue weighted by atomic mass is 16.1. The fourth-order valence-electron chi connectivity index (χ4n) is 1.28. The zero-order chi connectivity index (χ0) is 11.5. The Morgan fingerprint density at radius 1 is 1.12 bits per heavy atom. The van der Waals surface area contributed by atoms with Gasteiger partial charge in [-0.25, -0.2) is 0 Å². The molecule has 4 N–H and O–H groups in total. The van der Waals surface area contributed by atoms with Crippen molar-refractivity contribution in [1.29, 1.82) is 0 Å². The number of fused-ring (bicyclic) bond motifs is 1. The summed E-state index contributed by atoms with van der Waals surface area (Å²) in [5.74, 6) is -0.753. The minimum Gasteiger partial charge on any atom is -0.370 e. The Balaban J connectivity index is 2.47. The van der Waals surface area contributed by atoms with Crippen LogP contribution in [-0.4, -0.2) is 21.8 Å². The van der Waals surface area contributed by atoms with E-state index in [1.54, 1.807) is 30.6 Å². The Morgan fingerprint density at radius 2 is 1.81 bits per heavy atom. The predicted octanol–water partition coefficient (Wildman–Crippen LogP) is 0.0434. The van der Waals surface area contributed by atoms with Crippen LogP contribution in [0.4, 0.5) is 0 Å². The highest BCUT2D eigenvalue weighted by Gasteiger charge is 2.06. The molecule has 1 aromatic carbocycles. The summed E-state index contributed by atoms with van der Waals surface area (Å²) in [6.07, 6.45) is 3.14. The summed E-state index contributed by atoms with van der Waals surface area (Å²) in [5.41, 5.74) is 12.0. The zero-order valence-corrected chi connectivity index (χ0v) is 8.29. The van der Waals surface area contributed by atoms with E-state index in [9.17, 15) is 4.79 Å². The molecule has 0 atom stereocenters. The van der Waals surface area contributed by atoms with E-state index in [2.05, 4.69) is 15.0 Å². The molecule has 0 saturated carbocycles. The fraction of sp³-hybridized carbons (Fsp3) is 0. The lowest BCUT2D eigenvalue weighted by Gasteiger charge is -1.98. The first-order valence-corrected chi connectivity index (χ1v) is 4.51.